The third-order valence-electron chi connectivity index (χ3n) is 3.13. The van der Waals surface area contributed by atoms with Crippen molar-refractivity contribution < 1.29 is 14.7 Å². The van der Waals surface area contributed by atoms with Crippen LogP contribution in [0.3, 0.4) is 0 Å². The number of phenolic OH excluding ortho intramolecular Hbond substituents is 1. The van der Waals surface area contributed by atoms with Gasteiger partial charge in [-0.05, 0) is 47.5 Å². The Morgan fingerprint density at radius 1 is 0.864 bits per heavy atom. The van der Waals surface area contributed by atoms with Crippen molar-refractivity contribution in [3.63, 3.8) is 0 Å². The average molecular weight is 319 g/mol. The van der Waals surface area contributed by atoms with Gasteiger partial charge in [0.1, 0.15) is 5.75 Å². The maximum atomic E-state index is 11.9. The zero-order valence-corrected chi connectivity index (χ0v) is 12.9. The summed E-state index contributed by atoms with van der Waals surface area (Å²) in [6, 6.07) is 9.35. The van der Waals surface area contributed by atoms with Gasteiger partial charge < -0.3 is 15.7 Å². The van der Waals surface area contributed by atoms with Crippen LogP contribution in [0.4, 0.5) is 0 Å². The van der Waals surface area contributed by atoms with Crippen molar-refractivity contribution in [1.29, 1.82) is 0 Å². The number of carbonyl (C=O) groups is 2. The highest BCUT2D eigenvalue weighted by Crippen LogP contribution is 2.29. The second-order valence-electron chi connectivity index (χ2n) is 4.66. The Hall–Kier alpha value is -2.53. The van der Waals surface area contributed by atoms with E-state index in [1.807, 2.05) is 0 Å². The summed E-state index contributed by atoms with van der Waals surface area (Å²) in [5.74, 6) is -0.606. The molecule has 114 valence electrons. The van der Waals surface area contributed by atoms with E-state index < -0.39 is 0 Å². The number of rotatable bonds is 3. The molecule has 5 nitrogen and oxygen atoms in total. The molecule has 6 heteroatoms. The summed E-state index contributed by atoms with van der Waals surface area (Å²) in [5.41, 5.74) is 1.91. The van der Waals surface area contributed by atoms with Crippen LogP contribution in [-0.2, 0) is 0 Å². The first-order chi connectivity index (χ1) is 10.4. The fourth-order valence-corrected chi connectivity index (χ4v) is 2.32. The lowest BCUT2D eigenvalue weighted by atomic mass is 9.98. The Morgan fingerprint density at radius 2 is 1.36 bits per heavy atom. The van der Waals surface area contributed by atoms with Crippen LogP contribution in [0.1, 0.15) is 20.7 Å². The molecule has 0 radical (unpaired) electrons. The first-order valence-corrected chi connectivity index (χ1v) is 6.91. The maximum Gasteiger partial charge on any atom is 0.251 e. The van der Waals surface area contributed by atoms with E-state index in [0.717, 1.165) is 0 Å². The molecule has 0 unspecified atom stereocenters. The molecule has 0 bridgehead atoms. The first-order valence-electron chi connectivity index (χ1n) is 6.53. The van der Waals surface area contributed by atoms with Gasteiger partial charge in [-0.2, -0.15) is 0 Å². The molecule has 2 aromatic carbocycles. The van der Waals surface area contributed by atoms with Gasteiger partial charge in [0, 0.05) is 30.2 Å². The van der Waals surface area contributed by atoms with Crippen molar-refractivity contribution in [3.05, 3.63) is 52.5 Å². The zero-order chi connectivity index (χ0) is 16.3. The smallest absolute Gasteiger partial charge is 0.251 e. The summed E-state index contributed by atoms with van der Waals surface area (Å²) >= 11 is 5.94. The number of hydrogen-bond acceptors (Lipinski definition) is 3. The number of carbonyl (C=O) groups excluding carboxylic acids is 2. The molecule has 2 aromatic rings. The van der Waals surface area contributed by atoms with Crippen molar-refractivity contribution in [2.45, 2.75) is 0 Å². The summed E-state index contributed by atoms with van der Waals surface area (Å²) in [5, 5.41) is 15.1. The van der Waals surface area contributed by atoms with Crippen molar-refractivity contribution in [2.75, 3.05) is 14.1 Å². The number of amides is 2. The van der Waals surface area contributed by atoms with E-state index in [1.165, 1.54) is 32.3 Å². The monoisotopic (exact) mass is 318 g/mol. The number of aromatic hydroxyl groups is 1. The van der Waals surface area contributed by atoms with E-state index >= 15 is 0 Å². The summed E-state index contributed by atoms with van der Waals surface area (Å²) in [4.78, 5) is 23.8. The molecule has 0 aromatic heterocycles. The van der Waals surface area contributed by atoms with Gasteiger partial charge >= 0.3 is 0 Å². The molecule has 0 aliphatic carbocycles. The topological polar surface area (TPSA) is 78.4 Å². The lowest BCUT2D eigenvalue weighted by Gasteiger charge is -2.10. The van der Waals surface area contributed by atoms with Crippen LogP contribution in [0.5, 0.6) is 5.75 Å². The number of halogens is 1. The number of hydrogen-bond donors (Lipinski definition) is 3. The largest absolute Gasteiger partial charge is 0.508 e. The highest BCUT2D eigenvalue weighted by molar-refractivity contribution is 6.31. The highest BCUT2D eigenvalue weighted by atomic mass is 35.5. The molecule has 0 heterocycles. The molecule has 0 aliphatic heterocycles. The molecule has 0 saturated carbocycles. The van der Waals surface area contributed by atoms with Gasteiger partial charge in [-0.1, -0.05) is 11.6 Å². The van der Waals surface area contributed by atoms with Crippen LogP contribution in [0, 0.1) is 0 Å². The molecule has 2 amide bonds. The molecule has 0 atom stereocenters. The van der Waals surface area contributed by atoms with Crippen molar-refractivity contribution in [3.8, 4) is 16.9 Å². The van der Waals surface area contributed by atoms with E-state index in [-0.39, 0.29) is 17.6 Å². The van der Waals surface area contributed by atoms with Crippen LogP contribution >= 0.6 is 11.6 Å². The number of benzene rings is 2. The van der Waals surface area contributed by atoms with Gasteiger partial charge in [0.25, 0.3) is 11.8 Å². The Balaban J connectivity index is 2.63. The summed E-state index contributed by atoms with van der Waals surface area (Å²) in [6.07, 6.45) is 0. The van der Waals surface area contributed by atoms with E-state index in [1.54, 1.807) is 18.2 Å². The maximum absolute atomic E-state index is 11.9. The van der Waals surface area contributed by atoms with Crippen LogP contribution in [0.15, 0.2) is 36.4 Å². The summed E-state index contributed by atoms with van der Waals surface area (Å²) < 4.78 is 0. The van der Waals surface area contributed by atoms with Gasteiger partial charge in [0.05, 0.1) is 0 Å². The molecule has 0 spiro atoms. The lowest BCUT2D eigenvalue weighted by Crippen LogP contribution is -2.21. The second-order valence-corrected chi connectivity index (χ2v) is 5.09. The summed E-state index contributed by atoms with van der Waals surface area (Å²) in [7, 11) is 3.03. The van der Waals surface area contributed by atoms with Crippen molar-refractivity contribution >= 4 is 23.4 Å². The number of phenols is 1. The van der Waals surface area contributed by atoms with Gasteiger partial charge in [0.2, 0.25) is 0 Å². The zero-order valence-electron chi connectivity index (χ0n) is 12.1. The predicted octanol–water partition coefficient (Wildman–Crippen LogP) is 2.43. The second kappa shape index (κ2) is 6.49. The first kappa shape index (κ1) is 15.9. The Kier molecular flexibility index (Phi) is 4.68. The van der Waals surface area contributed by atoms with E-state index in [9.17, 15) is 14.7 Å². The normalized spacial score (nSPS) is 10.1. The minimum absolute atomic E-state index is 0.00865. The van der Waals surface area contributed by atoms with Gasteiger partial charge in [-0.25, -0.2) is 0 Å². The SMILES string of the molecule is CNC(=O)c1cc(C(=O)NC)cc(-c2cc(O)cc(Cl)c2)c1. The van der Waals surface area contributed by atoms with Crippen LogP contribution < -0.4 is 10.6 Å². The molecule has 3 N–H and O–H groups in total. The molecule has 22 heavy (non-hydrogen) atoms. The highest BCUT2D eigenvalue weighted by Gasteiger charge is 2.13. The predicted molar refractivity (Wildman–Crippen MR) is 85.3 cm³/mol. The fraction of sp³-hybridized carbons (Fsp3) is 0.125. The Bertz CT molecular complexity index is 690. The van der Waals surface area contributed by atoms with Crippen molar-refractivity contribution in [2.24, 2.45) is 0 Å². The summed E-state index contributed by atoms with van der Waals surface area (Å²) in [6.45, 7) is 0. The lowest BCUT2D eigenvalue weighted by molar-refractivity contribution is 0.0962. The molecule has 2 rings (SSSR count). The number of nitrogens with one attached hydrogen (secondary N) is 2. The van der Waals surface area contributed by atoms with Crippen LogP contribution in [0.2, 0.25) is 5.02 Å². The molecular formula is C16H15ClN2O3. The third kappa shape index (κ3) is 3.38. The Labute approximate surface area is 132 Å². The van der Waals surface area contributed by atoms with Gasteiger partial charge in [-0.15, -0.1) is 0 Å². The van der Waals surface area contributed by atoms with Crippen molar-refractivity contribution in [1.82, 2.24) is 10.6 Å². The molecule has 0 saturated heterocycles. The minimum atomic E-state index is -0.307. The van der Waals surface area contributed by atoms with E-state index in [4.69, 9.17) is 11.6 Å². The minimum Gasteiger partial charge on any atom is -0.508 e. The van der Waals surface area contributed by atoms with Gasteiger partial charge in [-0.3, -0.25) is 9.59 Å². The fourth-order valence-electron chi connectivity index (χ4n) is 2.09. The van der Waals surface area contributed by atoms with Gasteiger partial charge in [0.15, 0.2) is 0 Å². The Morgan fingerprint density at radius 3 is 1.82 bits per heavy atom. The molecule has 0 aliphatic rings. The van der Waals surface area contributed by atoms with E-state index in [0.29, 0.717) is 27.3 Å². The average Bonchev–Trinajstić information content (AvgIpc) is 2.51. The van der Waals surface area contributed by atoms with Crippen LogP contribution in [-0.4, -0.2) is 31.0 Å². The molecule has 0 fully saturated rings. The van der Waals surface area contributed by atoms with E-state index in [2.05, 4.69) is 10.6 Å². The quantitative estimate of drug-likeness (QED) is 0.813. The standard InChI is InChI=1S/C16H15ClN2O3/c1-18-15(21)11-3-9(4-12(5-11)16(22)19-2)10-6-13(17)8-14(20)7-10/h3-8,20H,1-2H3,(H,18,21)(H,19,22). The molecular weight excluding hydrogens is 304 g/mol. The third-order valence-corrected chi connectivity index (χ3v) is 3.35. The van der Waals surface area contributed by atoms with Crippen LogP contribution in [0.25, 0.3) is 11.1 Å².